The number of carbonyl (C=O) groups excluding carboxylic acids is 1. The predicted octanol–water partition coefficient (Wildman–Crippen LogP) is 10.8. The van der Waals surface area contributed by atoms with Crippen LogP contribution in [0.4, 0.5) is 17.6 Å². The van der Waals surface area contributed by atoms with E-state index in [0.29, 0.717) is 35.2 Å². The number of hydrogen-bond acceptors (Lipinski definition) is 3. The van der Waals surface area contributed by atoms with Gasteiger partial charge < -0.3 is 0 Å². The Morgan fingerprint density at radius 2 is 1.60 bits per heavy atom. The van der Waals surface area contributed by atoms with E-state index < -0.39 is 23.1 Å². The van der Waals surface area contributed by atoms with Gasteiger partial charge >= 0.3 is 6.18 Å². The SMILES string of the molecule is CCc1cccc(CC)c1-n1nc2c(c1-c1ccc(F)c3c1ccn3C(=O)c1ccccc1CCl)CN(Cc1ccc(C(F)(F)F)cc1C)C2(C)C. The number of aryl methyl sites for hydroxylation is 3. The van der Waals surface area contributed by atoms with Crippen molar-refractivity contribution in [2.24, 2.45) is 0 Å². The van der Waals surface area contributed by atoms with Gasteiger partial charge in [-0.15, -0.1) is 11.6 Å². The van der Waals surface area contributed by atoms with Gasteiger partial charge in [0.05, 0.1) is 33.7 Å². The maximum atomic E-state index is 16.0. The van der Waals surface area contributed by atoms with Crippen molar-refractivity contribution < 1.29 is 22.4 Å². The summed E-state index contributed by atoms with van der Waals surface area (Å²) in [6.45, 7) is 10.9. The zero-order valence-electron chi connectivity index (χ0n) is 29.7. The fraction of sp³-hybridized carbons (Fsp3) is 0.286. The Hall–Kier alpha value is -4.73. The lowest BCUT2D eigenvalue weighted by Gasteiger charge is -2.32. The van der Waals surface area contributed by atoms with Gasteiger partial charge in [-0.3, -0.25) is 14.3 Å². The van der Waals surface area contributed by atoms with Crippen molar-refractivity contribution >= 4 is 28.4 Å². The molecule has 0 bridgehead atoms. The van der Waals surface area contributed by atoms with Crippen LogP contribution in [-0.4, -0.2) is 25.2 Å². The van der Waals surface area contributed by atoms with Crippen molar-refractivity contribution in [2.45, 2.75) is 78.1 Å². The third kappa shape index (κ3) is 5.84. The highest BCUT2D eigenvalue weighted by Crippen LogP contribution is 2.47. The molecule has 10 heteroatoms. The Balaban J connectivity index is 1.43. The molecule has 1 aliphatic rings. The van der Waals surface area contributed by atoms with Gasteiger partial charge in [-0.1, -0.05) is 56.3 Å². The average Bonchev–Trinajstić information content (AvgIpc) is 3.80. The van der Waals surface area contributed by atoms with Crippen LogP contribution < -0.4 is 0 Å². The van der Waals surface area contributed by atoms with Gasteiger partial charge in [0.15, 0.2) is 0 Å². The first-order chi connectivity index (χ1) is 24.8. The van der Waals surface area contributed by atoms with E-state index in [-0.39, 0.29) is 17.3 Å². The lowest BCUT2D eigenvalue weighted by molar-refractivity contribution is -0.137. The van der Waals surface area contributed by atoms with Crippen LogP contribution in [0.1, 0.15) is 82.7 Å². The molecule has 0 atom stereocenters. The van der Waals surface area contributed by atoms with E-state index in [9.17, 15) is 18.0 Å². The quantitative estimate of drug-likeness (QED) is 0.116. The van der Waals surface area contributed by atoms with E-state index in [1.54, 1.807) is 49.5 Å². The van der Waals surface area contributed by atoms with Crippen LogP contribution >= 0.6 is 11.6 Å². The second-order valence-corrected chi connectivity index (χ2v) is 14.2. The number of halogens is 5. The Morgan fingerprint density at radius 1 is 0.904 bits per heavy atom. The molecular weight excluding hydrogens is 688 g/mol. The molecule has 0 spiro atoms. The summed E-state index contributed by atoms with van der Waals surface area (Å²) in [5.41, 5.74) is 7.77. The van der Waals surface area contributed by atoms with Crippen LogP contribution in [0.2, 0.25) is 0 Å². The first kappa shape index (κ1) is 35.7. The molecule has 0 N–H and O–H groups in total. The van der Waals surface area contributed by atoms with E-state index >= 15 is 4.39 Å². The predicted molar refractivity (Wildman–Crippen MR) is 197 cm³/mol. The normalized spacial score (nSPS) is 14.3. The number of alkyl halides is 4. The Labute approximate surface area is 305 Å². The zero-order valence-corrected chi connectivity index (χ0v) is 30.5. The van der Waals surface area contributed by atoms with Crippen LogP contribution in [0.5, 0.6) is 0 Å². The summed E-state index contributed by atoms with van der Waals surface area (Å²) in [6, 6.07) is 22.1. The lowest BCUT2D eigenvalue weighted by atomic mass is 9.96. The third-order valence-electron chi connectivity index (χ3n) is 10.6. The molecule has 0 aliphatic carbocycles. The minimum atomic E-state index is -4.42. The van der Waals surface area contributed by atoms with E-state index in [1.807, 2.05) is 10.7 Å². The van der Waals surface area contributed by atoms with Crippen LogP contribution in [-0.2, 0) is 43.5 Å². The highest BCUT2D eigenvalue weighted by molar-refractivity contribution is 6.18. The Bertz CT molecular complexity index is 2330. The number of carbonyl (C=O) groups is 1. The molecule has 0 amide bonds. The number of benzene rings is 4. The van der Waals surface area contributed by atoms with Crippen molar-refractivity contribution in [2.75, 3.05) is 0 Å². The van der Waals surface area contributed by atoms with Crippen LogP contribution in [0.3, 0.4) is 0 Å². The summed E-state index contributed by atoms with van der Waals surface area (Å²) in [5.74, 6) is -0.786. The van der Waals surface area contributed by atoms with E-state index in [1.165, 1.54) is 16.7 Å². The van der Waals surface area contributed by atoms with Crippen molar-refractivity contribution in [1.29, 1.82) is 0 Å². The van der Waals surface area contributed by atoms with Crippen molar-refractivity contribution in [3.63, 3.8) is 0 Å². The maximum absolute atomic E-state index is 16.0. The number of para-hydroxylation sites is 1. The molecule has 5 nitrogen and oxygen atoms in total. The van der Waals surface area contributed by atoms with Crippen molar-refractivity contribution in [3.05, 3.63) is 141 Å². The van der Waals surface area contributed by atoms with Crippen molar-refractivity contribution in [3.8, 4) is 16.9 Å². The van der Waals surface area contributed by atoms with E-state index in [4.69, 9.17) is 16.7 Å². The highest BCUT2D eigenvalue weighted by atomic mass is 35.5. The molecule has 52 heavy (non-hydrogen) atoms. The molecule has 2 aromatic heterocycles. The van der Waals surface area contributed by atoms with Crippen molar-refractivity contribution in [1.82, 2.24) is 19.2 Å². The van der Waals surface area contributed by atoms with E-state index in [2.05, 4.69) is 50.8 Å². The molecule has 1 aliphatic heterocycles. The lowest BCUT2D eigenvalue weighted by Crippen LogP contribution is -2.36. The minimum Gasteiger partial charge on any atom is -0.284 e. The maximum Gasteiger partial charge on any atom is 0.416 e. The first-order valence-corrected chi connectivity index (χ1v) is 18.0. The largest absolute Gasteiger partial charge is 0.416 e. The fourth-order valence-corrected chi connectivity index (χ4v) is 7.87. The summed E-state index contributed by atoms with van der Waals surface area (Å²) in [7, 11) is 0. The third-order valence-corrected chi connectivity index (χ3v) is 10.9. The average molecular weight is 727 g/mol. The smallest absolute Gasteiger partial charge is 0.284 e. The van der Waals surface area contributed by atoms with Crippen LogP contribution in [0.15, 0.2) is 85.1 Å². The molecule has 0 radical (unpaired) electrons. The van der Waals surface area contributed by atoms with Gasteiger partial charge in [0.1, 0.15) is 5.82 Å². The molecule has 0 saturated heterocycles. The summed E-state index contributed by atoms with van der Waals surface area (Å²) in [6.07, 6.45) is -1.29. The molecular formula is C42H39ClF4N4O. The van der Waals surface area contributed by atoms with Crippen LogP contribution in [0.25, 0.3) is 27.8 Å². The van der Waals surface area contributed by atoms with Gasteiger partial charge in [0.25, 0.3) is 5.91 Å². The number of hydrogen-bond donors (Lipinski definition) is 0. The minimum absolute atomic E-state index is 0.134. The molecule has 6 aromatic rings. The number of fused-ring (bicyclic) bond motifs is 2. The molecule has 268 valence electrons. The topological polar surface area (TPSA) is 43.1 Å². The number of aromatic nitrogens is 3. The van der Waals surface area contributed by atoms with Gasteiger partial charge in [-0.2, -0.15) is 18.3 Å². The number of nitrogens with zero attached hydrogens (tertiary/aromatic N) is 4. The monoisotopic (exact) mass is 726 g/mol. The Kier molecular flexibility index (Phi) is 9.16. The molecule has 0 saturated carbocycles. The van der Waals surface area contributed by atoms with Gasteiger partial charge in [0.2, 0.25) is 0 Å². The summed E-state index contributed by atoms with van der Waals surface area (Å²) in [5, 5.41) is 5.91. The molecule has 7 rings (SSSR count). The zero-order chi connectivity index (χ0) is 37.1. The van der Waals surface area contributed by atoms with Gasteiger partial charge in [-0.25, -0.2) is 9.07 Å². The summed E-state index contributed by atoms with van der Waals surface area (Å²) < 4.78 is 59.8. The Morgan fingerprint density at radius 3 is 2.25 bits per heavy atom. The summed E-state index contributed by atoms with van der Waals surface area (Å²) in [4.78, 5) is 16.2. The fourth-order valence-electron chi connectivity index (χ4n) is 7.63. The molecule has 4 aromatic carbocycles. The molecule has 3 heterocycles. The van der Waals surface area contributed by atoms with E-state index in [0.717, 1.165) is 63.8 Å². The number of rotatable bonds is 8. The standard InChI is InChI=1S/C42H39ClF4N4O/c1-6-26-12-10-13-27(7-2)36(26)51-37(32-17-18-35(44)38-33(32)19-20-50(38)40(52)31-14-9-8-11-28(31)22-43)34-24-49(41(4,5)39(34)48-51)23-29-15-16-30(21-25(29)3)42(45,46)47/h8-21H,6-7,22-24H2,1-5H3. The second-order valence-electron chi connectivity index (χ2n) is 13.9. The molecule has 0 unspecified atom stereocenters. The van der Waals surface area contributed by atoms with Gasteiger partial charge in [-0.05, 0) is 97.8 Å². The summed E-state index contributed by atoms with van der Waals surface area (Å²) >= 11 is 6.18. The highest BCUT2D eigenvalue weighted by Gasteiger charge is 2.44. The second kappa shape index (κ2) is 13.4. The molecule has 0 fully saturated rings. The first-order valence-electron chi connectivity index (χ1n) is 17.4. The van der Waals surface area contributed by atoms with Gasteiger partial charge in [0, 0.05) is 47.2 Å². The van der Waals surface area contributed by atoms with Crippen LogP contribution in [0, 0.1) is 12.7 Å².